The summed E-state index contributed by atoms with van der Waals surface area (Å²) in [5, 5.41) is 23.6. The van der Waals surface area contributed by atoms with Crippen molar-refractivity contribution in [3.05, 3.63) is 87.4 Å². The number of carboxylic acids is 1. The summed E-state index contributed by atoms with van der Waals surface area (Å²) in [6.45, 7) is 2.01. The quantitative estimate of drug-likeness (QED) is 0.463. The van der Waals surface area contributed by atoms with E-state index < -0.39 is 12.0 Å². The fraction of sp³-hybridized carbons (Fsp3) is 0.174. The van der Waals surface area contributed by atoms with Gasteiger partial charge in [0.15, 0.2) is 0 Å². The van der Waals surface area contributed by atoms with Crippen LogP contribution in [0.5, 0.6) is 5.75 Å². The second kappa shape index (κ2) is 8.57. The largest absolute Gasteiger partial charge is 0.507 e. The molecule has 1 atom stereocenters. The summed E-state index contributed by atoms with van der Waals surface area (Å²) in [5.41, 5.74) is 4.30. The maximum Gasteiger partial charge on any atom is 0.339 e. The van der Waals surface area contributed by atoms with Gasteiger partial charge in [0.05, 0.1) is 6.04 Å². The van der Waals surface area contributed by atoms with Gasteiger partial charge in [0.2, 0.25) is 0 Å². The van der Waals surface area contributed by atoms with Crippen LogP contribution in [-0.4, -0.2) is 30.3 Å². The SMILES string of the molecule is Cc1ccc(NC(c2ccc(N(C)C)cc2)c2cc(Br)cc(C(=O)O)c2O)cc1. The Morgan fingerprint density at radius 1 is 1.03 bits per heavy atom. The van der Waals surface area contributed by atoms with Crippen LogP contribution in [0.3, 0.4) is 0 Å². The second-order valence-electron chi connectivity index (χ2n) is 7.13. The number of carboxylic acid groups (broad SMARTS) is 1. The minimum absolute atomic E-state index is 0.144. The first-order chi connectivity index (χ1) is 13.8. The molecule has 5 nitrogen and oxygen atoms in total. The van der Waals surface area contributed by atoms with Gasteiger partial charge < -0.3 is 20.4 Å². The maximum atomic E-state index is 11.6. The molecular formula is C23H23BrN2O3. The molecule has 0 heterocycles. The van der Waals surface area contributed by atoms with E-state index in [0.717, 1.165) is 22.5 Å². The van der Waals surface area contributed by atoms with Gasteiger partial charge in [-0.15, -0.1) is 0 Å². The molecule has 0 saturated heterocycles. The van der Waals surface area contributed by atoms with Crippen LogP contribution < -0.4 is 10.2 Å². The van der Waals surface area contributed by atoms with Crippen LogP contribution in [0.2, 0.25) is 0 Å². The molecule has 0 saturated carbocycles. The Hall–Kier alpha value is -2.99. The molecule has 3 rings (SSSR count). The lowest BCUT2D eigenvalue weighted by Crippen LogP contribution is -2.15. The summed E-state index contributed by atoms with van der Waals surface area (Å²) in [4.78, 5) is 13.6. The Morgan fingerprint density at radius 2 is 1.66 bits per heavy atom. The maximum absolute atomic E-state index is 11.6. The number of carbonyl (C=O) groups is 1. The minimum Gasteiger partial charge on any atom is -0.507 e. The lowest BCUT2D eigenvalue weighted by Gasteiger charge is -2.24. The molecule has 0 aromatic heterocycles. The number of phenols is 1. The summed E-state index contributed by atoms with van der Waals surface area (Å²) >= 11 is 3.37. The lowest BCUT2D eigenvalue weighted by atomic mass is 9.95. The third-order valence-electron chi connectivity index (χ3n) is 4.75. The number of aryl methyl sites for hydroxylation is 1. The highest BCUT2D eigenvalue weighted by Crippen LogP contribution is 2.37. The molecule has 1 unspecified atom stereocenters. The van der Waals surface area contributed by atoms with Crippen molar-refractivity contribution >= 4 is 33.3 Å². The number of anilines is 2. The van der Waals surface area contributed by atoms with Gasteiger partial charge in [-0.25, -0.2) is 4.79 Å². The predicted octanol–water partition coefficient (Wildman–Crippen LogP) is 5.43. The zero-order valence-electron chi connectivity index (χ0n) is 16.5. The highest BCUT2D eigenvalue weighted by Gasteiger charge is 2.23. The van der Waals surface area contributed by atoms with E-state index in [0.29, 0.717) is 10.0 Å². The summed E-state index contributed by atoms with van der Waals surface area (Å²) in [5.74, 6) is -1.43. The molecule has 0 fully saturated rings. The number of benzene rings is 3. The molecule has 0 spiro atoms. The smallest absolute Gasteiger partial charge is 0.339 e. The Morgan fingerprint density at radius 3 is 2.21 bits per heavy atom. The fourth-order valence-corrected chi connectivity index (χ4v) is 3.60. The topological polar surface area (TPSA) is 72.8 Å². The zero-order valence-corrected chi connectivity index (χ0v) is 18.1. The number of nitrogens with one attached hydrogen (secondary N) is 1. The molecule has 0 aliphatic heterocycles. The number of hydrogen-bond donors (Lipinski definition) is 3. The Bertz CT molecular complexity index is 1020. The van der Waals surface area contributed by atoms with E-state index in [-0.39, 0.29) is 11.3 Å². The fourth-order valence-electron chi connectivity index (χ4n) is 3.13. The zero-order chi connectivity index (χ0) is 21.1. The van der Waals surface area contributed by atoms with Crippen LogP contribution in [-0.2, 0) is 0 Å². The number of nitrogens with zero attached hydrogens (tertiary/aromatic N) is 1. The van der Waals surface area contributed by atoms with Crippen LogP contribution in [0.1, 0.15) is 33.1 Å². The molecule has 3 aromatic rings. The molecule has 29 heavy (non-hydrogen) atoms. The third kappa shape index (κ3) is 4.71. The minimum atomic E-state index is -1.18. The molecule has 6 heteroatoms. The number of rotatable bonds is 6. The molecule has 0 aliphatic carbocycles. The van der Waals surface area contributed by atoms with Gasteiger partial charge in [-0.3, -0.25) is 0 Å². The van der Waals surface area contributed by atoms with Crippen molar-refractivity contribution in [2.45, 2.75) is 13.0 Å². The van der Waals surface area contributed by atoms with Gasteiger partial charge in [-0.1, -0.05) is 45.8 Å². The van der Waals surface area contributed by atoms with E-state index in [1.54, 1.807) is 6.07 Å². The van der Waals surface area contributed by atoms with Crippen molar-refractivity contribution in [3.8, 4) is 5.75 Å². The molecule has 3 N–H and O–H groups in total. The Kier molecular flexibility index (Phi) is 6.13. The van der Waals surface area contributed by atoms with Gasteiger partial charge in [-0.05, 0) is 48.9 Å². The van der Waals surface area contributed by atoms with Crippen LogP contribution in [0, 0.1) is 6.92 Å². The van der Waals surface area contributed by atoms with Gasteiger partial charge >= 0.3 is 5.97 Å². The molecule has 0 aliphatic rings. The van der Waals surface area contributed by atoms with Crippen LogP contribution in [0.4, 0.5) is 11.4 Å². The third-order valence-corrected chi connectivity index (χ3v) is 5.21. The summed E-state index contributed by atoms with van der Waals surface area (Å²) in [6, 6.07) is 18.6. The highest BCUT2D eigenvalue weighted by atomic mass is 79.9. The predicted molar refractivity (Wildman–Crippen MR) is 120 cm³/mol. The van der Waals surface area contributed by atoms with Gasteiger partial charge in [0, 0.05) is 35.5 Å². The van der Waals surface area contributed by atoms with E-state index in [2.05, 4.69) is 21.2 Å². The standard InChI is InChI=1S/C23H23BrN2O3/c1-14-4-8-17(9-5-14)25-21(15-6-10-18(11-7-15)26(2)3)19-12-16(24)13-20(22(19)27)23(28)29/h4-13,21,25,27H,1-3H3,(H,28,29). The number of halogens is 1. The van der Waals surface area contributed by atoms with Crippen molar-refractivity contribution in [1.29, 1.82) is 0 Å². The number of aromatic hydroxyl groups is 1. The summed E-state index contributed by atoms with van der Waals surface area (Å²) in [7, 11) is 3.94. The van der Waals surface area contributed by atoms with Gasteiger partial charge in [-0.2, -0.15) is 0 Å². The first kappa shape index (κ1) is 20.7. The monoisotopic (exact) mass is 454 g/mol. The van der Waals surface area contributed by atoms with E-state index in [1.165, 1.54) is 6.07 Å². The van der Waals surface area contributed by atoms with Crippen molar-refractivity contribution in [3.63, 3.8) is 0 Å². The molecule has 150 valence electrons. The van der Waals surface area contributed by atoms with Crippen LogP contribution in [0.15, 0.2) is 65.1 Å². The summed E-state index contributed by atoms with van der Waals surface area (Å²) in [6.07, 6.45) is 0. The molecule has 0 amide bonds. The van der Waals surface area contributed by atoms with Crippen LogP contribution >= 0.6 is 15.9 Å². The molecule has 0 radical (unpaired) electrons. The summed E-state index contributed by atoms with van der Waals surface area (Å²) < 4.78 is 0.586. The van der Waals surface area contributed by atoms with Crippen molar-refractivity contribution in [2.24, 2.45) is 0 Å². The molecule has 3 aromatic carbocycles. The van der Waals surface area contributed by atoms with E-state index in [4.69, 9.17) is 0 Å². The number of hydrogen-bond acceptors (Lipinski definition) is 4. The van der Waals surface area contributed by atoms with Crippen molar-refractivity contribution in [2.75, 3.05) is 24.3 Å². The normalized spacial score (nSPS) is 11.7. The van der Waals surface area contributed by atoms with E-state index in [1.807, 2.05) is 74.4 Å². The highest BCUT2D eigenvalue weighted by molar-refractivity contribution is 9.10. The average molecular weight is 455 g/mol. The average Bonchev–Trinajstić information content (AvgIpc) is 2.69. The van der Waals surface area contributed by atoms with Gasteiger partial charge in [0.1, 0.15) is 11.3 Å². The Balaban J connectivity index is 2.12. The Labute approximate surface area is 178 Å². The molecule has 0 bridgehead atoms. The second-order valence-corrected chi connectivity index (χ2v) is 8.04. The first-order valence-electron chi connectivity index (χ1n) is 9.12. The molecular weight excluding hydrogens is 432 g/mol. The van der Waals surface area contributed by atoms with E-state index >= 15 is 0 Å². The van der Waals surface area contributed by atoms with Crippen molar-refractivity contribution in [1.82, 2.24) is 0 Å². The number of aromatic carboxylic acids is 1. The van der Waals surface area contributed by atoms with E-state index in [9.17, 15) is 15.0 Å². The first-order valence-corrected chi connectivity index (χ1v) is 9.91. The van der Waals surface area contributed by atoms with Gasteiger partial charge in [0.25, 0.3) is 0 Å². The lowest BCUT2D eigenvalue weighted by molar-refractivity contribution is 0.0693. The van der Waals surface area contributed by atoms with Crippen molar-refractivity contribution < 1.29 is 15.0 Å². The van der Waals surface area contributed by atoms with Crippen LogP contribution in [0.25, 0.3) is 0 Å².